The molecule has 1 atom stereocenters. The van der Waals surface area contributed by atoms with E-state index in [0.29, 0.717) is 11.3 Å². The van der Waals surface area contributed by atoms with E-state index in [9.17, 15) is 13.2 Å². The summed E-state index contributed by atoms with van der Waals surface area (Å²) in [5.41, 5.74) is 7.46. The van der Waals surface area contributed by atoms with Crippen molar-refractivity contribution in [2.45, 2.75) is 19.9 Å². The smallest absolute Gasteiger partial charge is 0.253 e. The van der Waals surface area contributed by atoms with Gasteiger partial charge in [-0.15, -0.1) is 0 Å². The molecule has 0 aliphatic heterocycles. The van der Waals surface area contributed by atoms with Crippen LogP contribution in [0.15, 0.2) is 18.2 Å². The molecule has 6 heteroatoms. The van der Waals surface area contributed by atoms with Crippen molar-refractivity contribution in [1.82, 2.24) is 5.32 Å². The van der Waals surface area contributed by atoms with E-state index in [0.717, 1.165) is 11.8 Å². The summed E-state index contributed by atoms with van der Waals surface area (Å²) >= 11 is 0. The zero-order valence-corrected chi connectivity index (χ0v) is 11.5. The highest BCUT2D eigenvalue weighted by Gasteiger charge is 2.15. The molecule has 0 heterocycles. The monoisotopic (exact) mass is 270 g/mol. The van der Waals surface area contributed by atoms with Gasteiger partial charge in [-0.3, -0.25) is 4.79 Å². The Morgan fingerprint density at radius 1 is 1.44 bits per heavy atom. The summed E-state index contributed by atoms with van der Waals surface area (Å²) in [7, 11) is -3.11. The van der Waals surface area contributed by atoms with Gasteiger partial charge < -0.3 is 11.1 Å². The van der Waals surface area contributed by atoms with Gasteiger partial charge in [0.2, 0.25) is 0 Å². The van der Waals surface area contributed by atoms with Crippen LogP contribution in [0.5, 0.6) is 0 Å². The van der Waals surface area contributed by atoms with Crippen LogP contribution in [0, 0.1) is 6.92 Å². The molecule has 0 spiro atoms. The summed E-state index contributed by atoms with van der Waals surface area (Å²) in [6.07, 6.45) is 1.13. The first-order valence-corrected chi connectivity index (χ1v) is 7.60. The van der Waals surface area contributed by atoms with Crippen LogP contribution in [-0.2, 0) is 9.84 Å². The Kier molecular flexibility index (Phi) is 4.34. The fraction of sp³-hybridized carbons (Fsp3) is 0.417. The van der Waals surface area contributed by atoms with Gasteiger partial charge in [0.05, 0.1) is 11.3 Å². The lowest BCUT2D eigenvalue weighted by Gasteiger charge is -2.14. The van der Waals surface area contributed by atoms with Crippen molar-refractivity contribution in [1.29, 1.82) is 0 Å². The van der Waals surface area contributed by atoms with Crippen LogP contribution in [0.1, 0.15) is 22.8 Å². The number of aryl methyl sites for hydroxylation is 1. The highest BCUT2D eigenvalue weighted by atomic mass is 32.2. The Bertz CT molecular complexity index is 552. The molecule has 0 saturated heterocycles. The number of nitrogens with one attached hydrogen (secondary N) is 1. The number of nitrogen functional groups attached to an aromatic ring is 1. The zero-order chi connectivity index (χ0) is 13.9. The SMILES string of the molecule is Cc1ccc(C(=O)NC(C)CS(C)(=O)=O)c(N)c1. The molecule has 1 rings (SSSR count). The molecule has 100 valence electrons. The second-order valence-corrected chi connectivity index (χ2v) is 6.74. The van der Waals surface area contributed by atoms with E-state index in [1.807, 2.05) is 6.92 Å². The lowest BCUT2D eigenvalue weighted by molar-refractivity contribution is 0.0944. The van der Waals surface area contributed by atoms with Crippen LogP contribution >= 0.6 is 0 Å². The number of nitrogens with two attached hydrogens (primary N) is 1. The molecule has 0 aliphatic rings. The van der Waals surface area contributed by atoms with Crippen LogP contribution < -0.4 is 11.1 Å². The average Bonchev–Trinajstić information content (AvgIpc) is 2.13. The van der Waals surface area contributed by atoms with Crippen LogP contribution in [0.4, 0.5) is 5.69 Å². The second kappa shape index (κ2) is 5.39. The van der Waals surface area contributed by atoms with Gasteiger partial charge in [0.1, 0.15) is 9.84 Å². The molecule has 0 bridgehead atoms. The Morgan fingerprint density at radius 3 is 2.56 bits per heavy atom. The standard InChI is InChI=1S/C12H18N2O3S/c1-8-4-5-10(11(13)6-8)12(15)14-9(2)7-18(3,16)17/h4-6,9H,7,13H2,1-3H3,(H,14,15). The van der Waals surface area contributed by atoms with Gasteiger partial charge in [-0.05, 0) is 31.5 Å². The van der Waals surface area contributed by atoms with Crippen molar-refractivity contribution < 1.29 is 13.2 Å². The van der Waals surface area contributed by atoms with E-state index < -0.39 is 15.9 Å². The molecule has 0 aliphatic carbocycles. The lowest BCUT2D eigenvalue weighted by Crippen LogP contribution is -2.37. The number of sulfone groups is 1. The number of carbonyl (C=O) groups excluding carboxylic acids is 1. The molecule has 0 radical (unpaired) electrons. The third kappa shape index (κ3) is 4.37. The van der Waals surface area contributed by atoms with E-state index in [1.54, 1.807) is 25.1 Å². The van der Waals surface area contributed by atoms with Crippen molar-refractivity contribution in [2.24, 2.45) is 0 Å². The molecular formula is C12H18N2O3S. The van der Waals surface area contributed by atoms with Gasteiger partial charge in [0.15, 0.2) is 0 Å². The summed E-state index contributed by atoms with van der Waals surface area (Å²) in [4.78, 5) is 11.9. The van der Waals surface area contributed by atoms with E-state index in [4.69, 9.17) is 5.73 Å². The molecule has 1 aromatic rings. The molecule has 0 fully saturated rings. The van der Waals surface area contributed by atoms with E-state index in [1.165, 1.54) is 0 Å². The minimum Gasteiger partial charge on any atom is -0.398 e. The summed E-state index contributed by atoms with van der Waals surface area (Å²) in [6.45, 7) is 3.52. The number of hydrogen-bond donors (Lipinski definition) is 2. The van der Waals surface area contributed by atoms with Gasteiger partial charge in [0.25, 0.3) is 5.91 Å². The van der Waals surface area contributed by atoms with Crippen LogP contribution in [-0.4, -0.2) is 32.4 Å². The number of rotatable bonds is 4. The number of anilines is 1. The number of amides is 1. The molecular weight excluding hydrogens is 252 g/mol. The Morgan fingerprint density at radius 2 is 2.06 bits per heavy atom. The van der Waals surface area contributed by atoms with Crippen LogP contribution in [0.3, 0.4) is 0 Å². The Balaban J connectivity index is 2.77. The van der Waals surface area contributed by atoms with Crippen molar-refractivity contribution >= 4 is 21.4 Å². The Hall–Kier alpha value is -1.56. The van der Waals surface area contributed by atoms with Crippen LogP contribution in [0.2, 0.25) is 0 Å². The molecule has 1 unspecified atom stereocenters. The maximum Gasteiger partial charge on any atom is 0.253 e. The molecule has 5 nitrogen and oxygen atoms in total. The molecule has 0 saturated carbocycles. The normalized spacial score (nSPS) is 13.1. The van der Waals surface area contributed by atoms with Gasteiger partial charge >= 0.3 is 0 Å². The predicted octanol–water partition coefficient (Wildman–Crippen LogP) is 0.740. The largest absolute Gasteiger partial charge is 0.398 e. The first kappa shape index (κ1) is 14.5. The minimum absolute atomic E-state index is 0.0928. The minimum atomic E-state index is -3.11. The number of hydrogen-bond acceptors (Lipinski definition) is 4. The second-order valence-electron chi connectivity index (χ2n) is 4.56. The predicted molar refractivity (Wildman–Crippen MR) is 72.2 cm³/mol. The highest BCUT2D eigenvalue weighted by molar-refractivity contribution is 7.90. The van der Waals surface area contributed by atoms with E-state index in [2.05, 4.69) is 5.32 Å². The molecule has 1 aromatic carbocycles. The first-order valence-electron chi connectivity index (χ1n) is 5.54. The van der Waals surface area contributed by atoms with Crippen molar-refractivity contribution in [3.63, 3.8) is 0 Å². The zero-order valence-electron chi connectivity index (χ0n) is 10.7. The quantitative estimate of drug-likeness (QED) is 0.790. The summed E-state index contributed by atoms with van der Waals surface area (Å²) < 4.78 is 22.2. The molecule has 0 aromatic heterocycles. The van der Waals surface area contributed by atoms with Crippen LogP contribution in [0.25, 0.3) is 0 Å². The van der Waals surface area contributed by atoms with Crippen molar-refractivity contribution in [3.05, 3.63) is 29.3 Å². The summed E-state index contributed by atoms with van der Waals surface area (Å²) in [5, 5.41) is 2.61. The van der Waals surface area contributed by atoms with Gasteiger partial charge in [-0.2, -0.15) is 0 Å². The van der Waals surface area contributed by atoms with Crippen molar-refractivity contribution in [2.75, 3.05) is 17.7 Å². The van der Waals surface area contributed by atoms with Gasteiger partial charge in [-0.1, -0.05) is 6.07 Å². The van der Waals surface area contributed by atoms with Crippen molar-refractivity contribution in [3.8, 4) is 0 Å². The topological polar surface area (TPSA) is 89.3 Å². The summed E-state index contributed by atoms with van der Waals surface area (Å²) in [5.74, 6) is -0.450. The fourth-order valence-corrected chi connectivity index (χ4v) is 2.68. The maximum absolute atomic E-state index is 11.9. The van der Waals surface area contributed by atoms with Gasteiger partial charge in [0, 0.05) is 18.0 Å². The fourth-order valence-electron chi connectivity index (χ4n) is 1.69. The number of benzene rings is 1. The maximum atomic E-state index is 11.9. The molecule has 1 amide bonds. The average molecular weight is 270 g/mol. The van der Waals surface area contributed by atoms with E-state index >= 15 is 0 Å². The third-order valence-corrected chi connectivity index (χ3v) is 3.49. The first-order chi connectivity index (χ1) is 8.19. The number of carbonyl (C=O) groups is 1. The molecule has 3 N–H and O–H groups in total. The lowest BCUT2D eigenvalue weighted by atomic mass is 10.1. The van der Waals surface area contributed by atoms with Gasteiger partial charge in [-0.25, -0.2) is 8.42 Å². The summed E-state index contributed by atoms with van der Waals surface area (Å²) in [6, 6.07) is 4.67. The van der Waals surface area contributed by atoms with E-state index in [-0.39, 0.29) is 11.7 Å². The third-order valence-electron chi connectivity index (χ3n) is 2.38. The molecule has 18 heavy (non-hydrogen) atoms. The Labute approximate surface area is 107 Å². The highest BCUT2D eigenvalue weighted by Crippen LogP contribution is 2.13.